The average Bonchev–Trinajstić information content (AvgIpc) is 2.66. The van der Waals surface area contributed by atoms with Crippen LogP contribution in [0.15, 0.2) is 42.5 Å². The fourth-order valence-electron chi connectivity index (χ4n) is 3.29. The van der Waals surface area contributed by atoms with E-state index in [1.165, 1.54) is 11.1 Å². The Balaban J connectivity index is 1.59. The number of carbonyl (C=O) groups excluding carboxylic acids is 1. The van der Waals surface area contributed by atoms with Gasteiger partial charge in [0.2, 0.25) is 0 Å². The van der Waals surface area contributed by atoms with Crippen molar-refractivity contribution in [2.75, 3.05) is 14.2 Å². The van der Waals surface area contributed by atoms with Crippen molar-refractivity contribution >= 4 is 6.03 Å². The highest BCUT2D eigenvalue weighted by molar-refractivity contribution is 5.74. The summed E-state index contributed by atoms with van der Waals surface area (Å²) >= 11 is 0. The van der Waals surface area contributed by atoms with Crippen LogP contribution in [0, 0.1) is 0 Å². The molecular formula is C20H24N2O3. The minimum atomic E-state index is -0.156. The van der Waals surface area contributed by atoms with E-state index in [9.17, 15) is 4.79 Å². The maximum atomic E-state index is 12.3. The molecule has 2 amide bonds. The summed E-state index contributed by atoms with van der Waals surface area (Å²) in [5.74, 6) is 1.33. The number of hydrogen-bond donors (Lipinski definition) is 2. The number of rotatable bonds is 5. The lowest BCUT2D eigenvalue weighted by molar-refractivity contribution is 0.235. The van der Waals surface area contributed by atoms with Crippen molar-refractivity contribution in [1.29, 1.82) is 0 Å². The normalized spacial score (nSPS) is 15.8. The predicted molar refractivity (Wildman–Crippen MR) is 97.0 cm³/mol. The maximum absolute atomic E-state index is 12.3. The number of carbonyl (C=O) groups is 1. The van der Waals surface area contributed by atoms with Gasteiger partial charge in [-0.3, -0.25) is 0 Å². The number of aryl methyl sites for hydroxylation is 1. The molecule has 132 valence electrons. The monoisotopic (exact) mass is 340 g/mol. The highest BCUT2D eigenvalue weighted by Crippen LogP contribution is 2.29. The zero-order chi connectivity index (χ0) is 17.6. The number of urea groups is 1. The Morgan fingerprint density at radius 2 is 1.92 bits per heavy atom. The van der Waals surface area contributed by atoms with Crippen molar-refractivity contribution in [2.24, 2.45) is 0 Å². The summed E-state index contributed by atoms with van der Waals surface area (Å²) in [6, 6.07) is 13.9. The fourth-order valence-corrected chi connectivity index (χ4v) is 3.29. The molecule has 2 aromatic rings. The van der Waals surface area contributed by atoms with Gasteiger partial charge in [0, 0.05) is 6.54 Å². The first-order chi connectivity index (χ1) is 12.2. The third kappa shape index (κ3) is 4.05. The summed E-state index contributed by atoms with van der Waals surface area (Å²) in [4.78, 5) is 12.3. The van der Waals surface area contributed by atoms with Crippen molar-refractivity contribution in [3.8, 4) is 11.5 Å². The van der Waals surface area contributed by atoms with Gasteiger partial charge in [-0.2, -0.15) is 0 Å². The van der Waals surface area contributed by atoms with Crippen LogP contribution < -0.4 is 20.1 Å². The molecule has 0 unspecified atom stereocenters. The van der Waals surface area contributed by atoms with E-state index in [0.717, 1.165) is 24.8 Å². The van der Waals surface area contributed by atoms with Gasteiger partial charge >= 0.3 is 6.03 Å². The molecule has 5 nitrogen and oxygen atoms in total. The number of ether oxygens (including phenoxy) is 2. The number of benzene rings is 2. The quantitative estimate of drug-likeness (QED) is 0.874. The van der Waals surface area contributed by atoms with E-state index >= 15 is 0 Å². The summed E-state index contributed by atoms with van der Waals surface area (Å²) in [7, 11) is 3.20. The van der Waals surface area contributed by atoms with E-state index in [1.807, 2.05) is 24.3 Å². The van der Waals surface area contributed by atoms with E-state index in [0.29, 0.717) is 18.0 Å². The van der Waals surface area contributed by atoms with E-state index in [2.05, 4.69) is 28.8 Å². The van der Waals surface area contributed by atoms with Crippen molar-refractivity contribution in [3.05, 3.63) is 59.2 Å². The lowest BCUT2D eigenvalue weighted by Crippen LogP contribution is -2.38. The SMILES string of the molecule is COc1ccc(CNC(=O)N[C@@H]2CCCc3ccccc32)cc1OC. The van der Waals surface area contributed by atoms with Crippen LogP contribution in [0.3, 0.4) is 0 Å². The Labute approximate surface area is 148 Å². The summed E-state index contributed by atoms with van der Waals surface area (Å²) in [5.41, 5.74) is 3.52. The Kier molecular flexibility index (Phi) is 5.43. The maximum Gasteiger partial charge on any atom is 0.315 e. The van der Waals surface area contributed by atoms with E-state index in [-0.39, 0.29) is 12.1 Å². The third-order valence-electron chi connectivity index (χ3n) is 4.58. The van der Waals surface area contributed by atoms with Crippen LogP contribution >= 0.6 is 0 Å². The molecule has 25 heavy (non-hydrogen) atoms. The van der Waals surface area contributed by atoms with Gasteiger partial charge < -0.3 is 20.1 Å². The van der Waals surface area contributed by atoms with Crippen molar-refractivity contribution in [2.45, 2.75) is 31.8 Å². The highest BCUT2D eigenvalue weighted by Gasteiger charge is 2.21. The molecule has 0 radical (unpaired) electrons. The van der Waals surface area contributed by atoms with Gasteiger partial charge in [0.25, 0.3) is 0 Å². The molecule has 0 aromatic heterocycles. The molecule has 1 atom stereocenters. The number of amides is 2. The van der Waals surface area contributed by atoms with Crippen LogP contribution in [-0.4, -0.2) is 20.3 Å². The first kappa shape index (κ1) is 17.1. The average molecular weight is 340 g/mol. The topological polar surface area (TPSA) is 59.6 Å². The number of fused-ring (bicyclic) bond motifs is 1. The molecule has 0 saturated heterocycles. The van der Waals surface area contributed by atoms with Gasteiger partial charge in [-0.05, 0) is 48.1 Å². The van der Waals surface area contributed by atoms with Gasteiger partial charge in [-0.25, -0.2) is 4.79 Å². The standard InChI is InChI=1S/C20H24N2O3/c1-24-18-11-10-14(12-19(18)25-2)13-21-20(23)22-17-9-5-7-15-6-3-4-8-16(15)17/h3-4,6,8,10-12,17H,5,7,9,13H2,1-2H3,(H2,21,22,23)/t17-/m1/s1. The van der Waals surface area contributed by atoms with Crippen LogP contribution in [0.2, 0.25) is 0 Å². The molecule has 1 aliphatic carbocycles. The van der Waals surface area contributed by atoms with Crippen molar-refractivity contribution < 1.29 is 14.3 Å². The molecule has 5 heteroatoms. The molecule has 0 aliphatic heterocycles. The molecule has 0 saturated carbocycles. The molecule has 0 spiro atoms. The smallest absolute Gasteiger partial charge is 0.315 e. The molecule has 2 aromatic carbocycles. The minimum Gasteiger partial charge on any atom is -0.493 e. The Morgan fingerprint density at radius 3 is 2.72 bits per heavy atom. The second-order valence-corrected chi connectivity index (χ2v) is 6.16. The van der Waals surface area contributed by atoms with Crippen LogP contribution in [0.4, 0.5) is 4.79 Å². The molecular weight excluding hydrogens is 316 g/mol. The predicted octanol–water partition coefficient (Wildman–Crippen LogP) is 3.58. The van der Waals surface area contributed by atoms with E-state index in [1.54, 1.807) is 14.2 Å². The second kappa shape index (κ2) is 7.92. The largest absolute Gasteiger partial charge is 0.493 e. The first-order valence-corrected chi connectivity index (χ1v) is 8.54. The summed E-state index contributed by atoms with van der Waals surface area (Å²) in [6.45, 7) is 0.431. The minimum absolute atomic E-state index is 0.0790. The second-order valence-electron chi connectivity index (χ2n) is 6.16. The number of nitrogens with one attached hydrogen (secondary N) is 2. The Morgan fingerprint density at radius 1 is 1.12 bits per heavy atom. The Bertz CT molecular complexity index is 745. The number of methoxy groups -OCH3 is 2. The summed E-state index contributed by atoms with van der Waals surface area (Å²) in [6.07, 6.45) is 3.15. The summed E-state index contributed by atoms with van der Waals surface area (Å²) in [5, 5.41) is 6.01. The highest BCUT2D eigenvalue weighted by atomic mass is 16.5. The lowest BCUT2D eigenvalue weighted by Gasteiger charge is -2.26. The van der Waals surface area contributed by atoms with E-state index in [4.69, 9.17) is 9.47 Å². The van der Waals surface area contributed by atoms with Crippen LogP contribution in [-0.2, 0) is 13.0 Å². The van der Waals surface area contributed by atoms with Crippen LogP contribution in [0.1, 0.15) is 35.6 Å². The molecule has 0 fully saturated rings. The van der Waals surface area contributed by atoms with Gasteiger partial charge in [0.05, 0.1) is 20.3 Å². The molecule has 0 heterocycles. The van der Waals surface area contributed by atoms with Crippen LogP contribution in [0.5, 0.6) is 11.5 Å². The van der Waals surface area contributed by atoms with Gasteiger partial charge in [0.1, 0.15) is 0 Å². The fraction of sp³-hybridized carbons (Fsp3) is 0.350. The van der Waals surface area contributed by atoms with Crippen molar-refractivity contribution in [3.63, 3.8) is 0 Å². The third-order valence-corrected chi connectivity index (χ3v) is 4.58. The molecule has 3 rings (SSSR count). The molecule has 0 bridgehead atoms. The van der Waals surface area contributed by atoms with Gasteiger partial charge in [-0.15, -0.1) is 0 Å². The molecule has 2 N–H and O–H groups in total. The zero-order valence-corrected chi connectivity index (χ0v) is 14.7. The Hall–Kier alpha value is -2.69. The zero-order valence-electron chi connectivity index (χ0n) is 14.7. The van der Waals surface area contributed by atoms with E-state index < -0.39 is 0 Å². The first-order valence-electron chi connectivity index (χ1n) is 8.54. The lowest BCUT2D eigenvalue weighted by atomic mass is 9.88. The summed E-state index contributed by atoms with van der Waals surface area (Å²) < 4.78 is 10.5. The van der Waals surface area contributed by atoms with Gasteiger partial charge in [-0.1, -0.05) is 30.3 Å². The van der Waals surface area contributed by atoms with Gasteiger partial charge in [0.15, 0.2) is 11.5 Å². The van der Waals surface area contributed by atoms with Crippen molar-refractivity contribution in [1.82, 2.24) is 10.6 Å². The van der Waals surface area contributed by atoms with Crippen LogP contribution in [0.25, 0.3) is 0 Å². The molecule has 1 aliphatic rings. The number of hydrogen-bond acceptors (Lipinski definition) is 3.